The summed E-state index contributed by atoms with van der Waals surface area (Å²) in [6.45, 7) is 13.5. The van der Waals surface area contributed by atoms with Crippen LogP contribution in [-0.2, 0) is 14.0 Å². The average Bonchev–Trinajstić information content (AvgIpc) is 2.90. The van der Waals surface area contributed by atoms with Gasteiger partial charge in [-0.3, -0.25) is 4.90 Å². The zero-order chi connectivity index (χ0) is 17.6. The van der Waals surface area contributed by atoms with Crippen molar-refractivity contribution in [3.63, 3.8) is 0 Å². The quantitative estimate of drug-likeness (QED) is 0.775. The van der Waals surface area contributed by atoms with E-state index in [1.54, 1.807) is 13.2 Å². The summed E-state index contributed by atoms with van der Waals surface area (Å²) in [7, 11) is 1.17. The first-order valence-corrected chi connectivity index (χ1v) is 8.42. The van der Waals surface area contributed by atoms with Gasteiger partial charge in [0.2, 0.25) is 0 Å². The molecule has 0 radical (unpaired) electrons. The third kappa shape index (κ3) is 3.87. The molecule has 0 bridgehead atoms. The molecule has 1 aliphatic rings. The second kappa shape index (κ2) is 5.75. The van der Waals surface area contributed by atoms with Crippen LogP contribution in [0.1, 0.15) is 48.5 Å². The van der Waals surface area contributed by atoms with Gasteiger partial charge in [0.15, 0.2) is 5.13 Å². The molecule has 0 atom stereocenters. The van der Waals surface area contributed by atoms with E-state index in [1.165, 1.54) is 16.2 Å². The molecule has 0 saturated carbocycles. The minimum atomic E-state index is -0.544. The number of thiazole rings is 1. The Labute approximate surface area is 142 Å². The van der Waals surface area contributed by atoms with Crippen LogP contribution in [0.25, 0.3) is 0 Å². The molecule has 1 aromatic heterocycles. The summed E-state index contributed by atoms with van der Waals surface area (Å²) in [5.41, 5.74) is -1.35. The lowest BCUT2D eigenvalue weighted by Gasteiger charge is -2.32. The molecule has 2 heterocycles. The van der Waals surface area contributed by atoms with Crippen molar-refractivity contribution < 1.29 is 18.8 Å². The highest BCUT2D eigenvalue weighted by atomic mass is 32.1. The standard InChI is InChI=1S/C15H25BN2O4S/c1-13(2,3)20-12(19)18(8)11-17-9-10(23-11)16-21-14(4,5)15(6,7)22-16/h9H,1-8H3. The summed E-state index contributed by atoms with van der Waals surface area (Å²) in [5, 5.41) is 0.545. The molecule has 0 aliphatic carbocycles. The number of aromatic nitrogens is 1. The van der Waals surface area contributed by atoms with Crippen LogP contribution in [0.4, 0.5) is 9.93 Å². The van der Waals surface area contributed by atoms with Crippen molar-refractivity contribution >= 4 is 34.5 Å². The SMILES string of the molecule is CN(C(=O)OC(C)(C)C)c1ncc(B2OC(C)(C)C(C)(C)O2)s1. The molecule has 0 unspecified atom stereocenters. The summed E-state index contributed by atoms with van der Waals surface area (Å²) >= 11 is 1.36. The Bertz CT molecular complexity index is 579. The van der Waals surface area contributed by atoms with Gasteiger partial charge in [-0.1, -0.05) is 0 Å². The van der Waals surface area contributed by atoms with Crippen molar-refractivity contribution in [2.45, 2.75) is 65.3 Å². The first-order valence-electron chi connectivity index (χ1n) is 7.60. The van der Waals surface area contributed by atoms with Crippen LogP contribution in [0.2, 0.25) is 0 Å². The van der Waals surface area contributed by atoms with Crippen LogP contribution in [0, 0.1) is 0 Å². The van der Waals surface area contributed by atoms with Gasteiger partial charge in [-0.15, -0.1) is 11.3 Å². The molecule has 1 fully saturated rings. The molecule has 1 aromatic rings. The molecule has 8 heteroatoms. The summed E-state index contributed by atoms with van der Waals surface area (Å²) in [6.07, 6.45) is 1.25. The van der Waals surface area contributed by atoms with Gasteiger partial charge in [0.25, 0.3) is 0 Å². The molecule has 2 rings (SSSR count). The average molecular weight is 340 g/mol. The highest BCUT2D eigenvalue weighted by Crippen LogP contribution is 2.37. The van der Waals surface area contributed by atoms with Crippen LogP contribution in [0.5, 0.6) is 0 Å². The van der Waals surface area contributed by atoms with Gasteiger partial charge in [-0.2, -0.15) is 0 Å². The zero-order valence-electron chi connectivity index (χ0n) is 15.1. The number of anilines is 1. The molecule has 0 aromatic carbocycles. The minimum Gasteiger partial charge on any atom is -0.443 e. The third-order valence-corrected chi connectivity index (χ3v) is 5.05. The lowest BCUT2D eigenvalue weighted by molar-refractivity contribution is 0.00578. The van der Waals surface area contributed by atoms with Crippen LogP contribution >= 0.6 is 11.3 Å². The molecule has 23 heavy (non-hydrogen) atoms. The van der Waals surface area contributed by atoms with E-state index in [-0.39, 0.29) is 0 Å². The molecule has 1 saturated heterocycles. The minimum absolute atomic E-state index is 0.404. The second-order valence-corrected chi connectivity index (χ2v) is 8.71. The Hall–Kier alpha value is -1.12. The summed E-state index contributed by atoms with van der Waals surface area (Å²) in [4.78, 5) is 17.8. The number of amides is 1. The van der Waals surface area contributed by atoms with E-state index in [9.17, 15) is 4.79 Å². The van der Waals surface area contributed by atoms with E-state index in [1.807, 2.05) is 48.5 Å². The number of rotatable bonds is 2. The van der Waals surface area contributed by atoms with Crippen molar-refractivity contribution in [2.24, 2.45) is 0 Å². The zero-order valence-corrected chi connectivity index (χ0v) is 15.9. The number of carbonyl (C=O) groups excluding carboxylic acids is 1. The van der Waals surface area contributed by atoms with Gasteiger partial charge in [0.05, 0.1) is 16.0 Å². The van der Waals surface area contributed by atoms with E-state index < -0.39 is 30.0 Å². The van der Waals surface area contributed by atoms with Crippen molar-refractivity contribution in [3.05, 3.63) is 6.20 Å². The van der Waals surface area contributed by atoms with Crippen molar-refractivity contribution in [1.29, 1.82) is 0 Å². The summed E-state index contributed by atoms with van der Waals surface area (Å²) < 4.78 is 18.2. The molecule has 0 N–H and O–H groups in total. The molecular weight excluding hydrogens is 315 g/mol. The van der Waals surface area contributed by atoms with E-state index in [2.05, 4.69) is 4.98 Å². The number of nitrogens with zero attached hydrogens (tertiary/aromatic N) is 2. The van der Waals surface area contributed by atoms with Crippen LogP contribution in [-0.4, -0.2) is 42.0 Å². The van der Waals surface area contributed by atoms with Crippen LogP contribution in [0.15, 0.2) is 6.20 Å². The van der Waals surface area contributed by atoms with Crippen molar-refractivity contribution in [1.82, 2.24) is 4.98 Å². The predicted molar refractivity (Wildman–Crippen MR) is 92.5 cm³/mol. The highest BCUT2D eigenvalue weighted by molar-refractivity contribution is 7.25. The van der Waals surface area contributed by atoms with Gasteiger partial charge in [-0.05, 0) is 48.5 Å². The Balaban J connectivity index is 2.11. The lowest BCUT2D eigenvalue weighted by Crippen LogP contribution is -2.41. The van der Waals surface area contributed by atoms with Gasteiger partial charge in [-0.25, -0.2) is 9.78 Å². The number of carbonyl (C=O) groups is 1. The first-order chi connectivity index (χ1) is 10.3. The monoisotopic (exact) mass is 340 g/mol. The maximum atomic E-state index is 12.1. The van der Waals surface area contributed by atoms with Crippen LogP contribution < -0.4 is 9.68 Å². The van der Waals surface area contributed by atoms with Gasteiger partial charge < -0.3 is 14.0 Å². The van der Waals surface area contributed by atoms with E-state index >= 15 is 0 Å². The largest absolute Gasteiger partial charge is 0.507 e. The van der Waals surface area contributed by atoms with Crippen molar-refractivity contribution in [3.8, 4) is 0 Å². The topological polar surface area (TPSA) is 60.9 Å². The van der Waals surface area contributed by atoms with Crippen molar-refractivity contribution in [2.75, 3.05) is 11.9 Å². The summed E-state index contributed by atoms with van der Waals surface area (Å²) in [5.74, 6) is 0. The molecule has 6 nitrogen and oxygen atoms in total. The Kier molecular flexibility index (Phi) is 4.56. The van der Waals surface area contributed by atoms with Gasteiger partial charge >= 0.3 is 13.2 Å². The first kappa shape index (κ1) is 18.2. The Morgan fingerprint density at radius 3 is 2.26 bits per heavy atom. The normalized spacial score (nSPS) is 19.7. The Morgan fingerprint density at radius 1 is 1.26 bits per heavy atom. The molecule has 128 valence electrons. The molecular formula is C15H25BN2O4S. The second-order valence-electron chi connectivity index (χ2n) is 7.67. The van der Waals surface area contributed by atoms with Gasteiger partial charge in [0, 0.05) is 13.2 Å². The molecule has 1 amide bonds. The number of hydrogen-bond acceptors (Lipinski definition) is 6. The maximum absolute atomic E-state index is 12.1. The third-order valence-electron chi connectivity index (χ3n) is 3.95. The summed E-state index contributed by atoms with van der Waals surface area (Å²) in [6, 6.07) is 0. The Morgan fingerprint density at radius 2 is 1.78 bits per heavy atom. The van der Waals surface area contributed by atoms with Crippen LogP contribution in [0.3, 0.4) is 0 Å². The predicted octanol–water partition coefficient (Wildman–Crippen LogP) is 2.81. The maximum Gasteiger partial charge on any atom is 0.507 e. The fourth-order valence-electron chi connectivity index (χ4n) is 1.91. The lowest BCUT2D eigenvalue weighted by atomic mass is 9.89. The van der Waals surface area contributed by atoms with E-state index in [0.717, 1.165) is 4.78 Å². The number of ether oxygens (including phenoxy) is 1. The van der Waals surface area contributed by atoms with E-state index in [4.69, 9.17) is 14.0 Å². The fourth-order valence-corrected chi connectivity index (χ4v) is 2.73. The smallest absolute Gasteiger partial charge is 0.443 e. The fraction of sp³-hybridized carbons (Fsp3) is 0.733. The highest BCUT2D eigenvalue weighted by Gasteiger charge is 2.52. The number of hydrogen-bond donors (Lipinski definition) is 0. The molecule has 0 spiro atoms. The molecule has 1 aliphatic heterocycles. The van der Waals surface area contributed by atoms with E-state index in [0.29, 0.717) is 5.13 Å². The van der Waals surface area contributed by atoms with Gasteiger partial charge in [0.1, 0.15) is 5.60 Å².